The summed E-state index contributed by atoms with van der Waals surface area (Å²) in [6.07, 6.45) is -0.808. The summed E-state index contributed by atoms with van der Waals surface area (Å²) in [4.78, 5) is 4.59. The first-order valence-electron chi connectivity index (χ1n) is 9.26. The van der Waals surface area contributed by atoms with Gasteiger partial charge in [0.1, 0.15) is 17.4 Å². The number of rotatable bonds is 5. The van der Waals surface area contributed by atoms with E-state index in [0.717, 1.165) is 22.6 Å². The number of aryl methyl sites for hydroxylation is 1. The molecule has 7 heteroatoms. The van der Waals surface area contributed by atoms with Crippen molar-refractivity contribution in [2.75, 3.05) is 11.9 Å². The number of aliphatic hydroxyl groups excluding tert-OH is 1. The largest absolute Gasteiger partial charge is 0.508 e. The predicted molar refractivity (Wildman–Crippen MR) is 109 cm³/mol. The first kappa shape index (κ1) is 18.9. The summed E-state index contributed by atoms with van der Waals surface area (Å²) in [5.41, 5.74) is 4.50. The molecular weight excluding hydrogens is 371 g/mol. The summed E-state index contributed by atoms with van der Waals surface area (Å²) in [5.74, 6) is 0.529. The van der Waals surface area contributed by atoms with E-state index in [2.05, 4.69) is 15.4 Å². The van der Waals surface area contributed by atoms with Gasteiger partial charge in [0.2, 0.25) is 0 Å². The highest BCUT2D eigenvalue weighted by Crippen LogP contribution is 2.26. The van der Waals surface area contributed by atoms with Gasteiger partial charge >= 0.3 is 0 Å². The van der Waals surface area contributed by atoms with Crippen LogP contribution in [0.15, 0.2) is 54.6 Å². The highest BCUT2D eigenvalue weighted by molar-refractivity contribution is 5.66. The standard InChI is InChI=1S/C22H21FN4O2/c1-13-14(2)25-21-11-19(15-6-8-17(23)9-7-15)26-27(21)22(13)24-12-20(29)16-4-3-5-18(28)10-16/h3-11,20,24,28-29H,12H2,1-2H3. The molecule has 0 aliphatic carbocycles. The Balaban J connectivity index is 1.67. The minimum atomic E-state index is -0.808. The highest BCUT2D eigenvalue weighted by atomic mass is 19.1. The van der Waals surface area contributed by atoms with Gasteiger partial charge in [0.25, 0.3) is 0 Å². The van der Waals surface area contributed by atoms with E-state index >= 15 is 0 Å². The molecule has 0 fully saturated rings. The monoisotopic (exact) mass is 392 g/mol. The maximum atomic E-state index is 13.2. The van der Waals surface area contributed by atoms with Crippen molar-refractivity contribution in [3.05, 3.63) is 77.2 Å². The second kappa shape index (κ2) is 7.52. The van der Waals surface area contributed by atoms with Crippen LogP contribution in [0, 0.1) is 19.7 Å². The van der Waals surface area contributed by atoms with Crippen molar-refractivity contribution in [1.29, 1.82) is 0 Å². The van der Waals surface area contributed by atoms with Crippen molar-refractivity contribution in [3.8, 4) is 17.0 Å². The lowest BCUT2D eigenvalue weighted by molar-refractivity contribution is 0.191. The Morgan fingerprint density at radius 3 is 2.59 bits per heavy atom. The van der Waals surface area contributed by atoms with Crippen LogP contribution in [0.5, 0.6) is 5.75 Å². The third-order valence-electron chi connectivity index (χ3n) is 4.94. The van der Waals surface area contributed by atoms with Crippen LogP contribution in [-0.2, 0) is 0 Å². The Morgan fingerprint density at radius 2 is 1.86 bits per heavy atom. The molecule has 4 rings (SSSR count). The van der Waals surface area contributed by atoms with Gasteiger partial charge in [0.15, 0.2) is 5.65 Å². The molecule has 0 aliphatic rings. The molecule has 0 amide bonds. The van der Waals surface area contributed by atoms with E-state index in [1.807, 2.05) is 19.9 Å². The van der Waals surface area contributed by atoms with Gasteiger partial charge in [-0.15, -0.1) is 0 Å². The summed E-state index contributed by atoms with van der Waals surface area (Å²) < 4.78 is 14.9. The molecule has 2 aromatic heterocycles. The lowest BCUT2D eigenvalue weighted by Crippen LogP contribution is -2.16. The summed E-state index contributed by atoms with van der Waals surface area (Å²) in [7, 11) is 0. The van der Waals surface area contributed by atoms with Crippen LogP contribution < -0.4 is 5.32 Å². The SMILES string of the molecule is Cc1nc2cc(-c3ccc(F)cc3)nn2c(NCC(O)c2cccc(O)c2)c1C. The number of fused-ring (bicyclic) bond motifs is 1. The molecule has 0 saturated carbocycles. The van der Waals surface area contributed by atoms with Gasteiger partial charge in [-0.2, -0.15) is 9.61 Å². The highest BCUT2D eigenvalue weighted by Gasteiger charge is 2.15. The molecule has 3 N–H and O–H groups in total. The van der Waals surface area contributed by atoms with Crippen LogP contribution in [0.4, 0.5) is 10.2 Å². The Kier molecular flexibility index (Phi) is 4.90. The van der Waals surface area contributed by atoms with Gasteiger partial charge < -0.3 is 15.5 Å². The quantitative estimate of drug-likeness (QED) is 0.478. The van der Waals surface area contributed by atoms with E-state index in [4.69, 9.17) is 0 Å². The second-order valence-electron chi connectivity index (χ2n) is 6.97. The van der Waals surface area contributed by atoms with E-state index in [-0.39, 0.29) is 18.1 Å². The zero-order valence-electron chi connectivity index (χ0n) is 16.1. The fourth-order valence-electron chi connectivity index (χ4n) is 3.21. The molecule has 148 valence electrons. The van der Waals surface area contributed by atoms with Crippen LogP contribution >= 0.6 is 0 Å². The van der Waals surface area contributed by atoms with Crippen molar-refractivity contribution in [2.24, 2.45) is 0 Å². The Morgan fingerprint density at radius 1 is 1.10 bits per heavy atom. The predicted octanol–water partition coefficient (Wildman–Crippen LogP) is 4.00. The van der Waals surface area contributed by atoms with Crippen LogP contribution in [0.3, 0.4) is 0 Å². The smallest absolute Gasteiger partial charge is 0.158 e. The van der Waals surface area contributed by atoms with Gasteiger partial charge in [-0.3, -0.25) is 0 Å². The van der Waals surface area contributed by atoms with Gasteiger partial charge in [-0.05, 0) is 55.8 Å². The van der Waals surface area contributed by atoms with Crippen molar-refractivity contribution < 1.29 is 14.6 Å². The third-order valence-corrected chi connectivity index (χ3v) is 4.94. The molecule has 1 unspecified atom stereocenters. The number of phenols is 1. The van der Waals surface area contributed by atoms with Crippen LogP contribution in [-0.4, -0.2) is 31.4 Å². The molecule has 0 radical (unpaired) electrons. The normalized spacial score (nSPS) is 12.3. The van der Waals surface area contributed by atoms with Crippen molar-refractivity contribution in [3.63, 3.8) is 0 Å². The first-order chi connectivity index (χ1) is 13.9. The lowest BCUT2D eigenvalue weighted by atomic mass is 10.1. The molecule has 4 aromatic rings. The summed E-state index contributed by atoms with van der Waals surface area (Å²) >= 11 is 0. The minimum absolute atomic E-state index is 0.107. The Labute approximate surface area is 167 Å². The number of hydrogen-bond donors (Lipinski definition) is 3. The molecule has 2 heterocycles. The van der Waals surface area contributed by atoms with Crippen LogP contribution in [0.25, 0.3) is 16.9 Å². The fourth-order valence-corrected chi connectivity index (χ4v) is 3.21. The molecule has 2 aromatic carbocycles. The van der Waals surface area contributed by atoms with Gasteiger partial charge in [0, 0.05) is 29.4 Å². The number of nitrogens with zero attached hydrogens (tertiary/aromatic N) is 3. The number of nitrogens with one attached hydrogen (secondary N) is 1. The fraction of sp³-hybridized carbons (Fsp3) is 0.182. The number of hydrogen-bond acceptors (Lipinski definition) is 5. The van der Waals surface area contributed by atoms with Gasteiger partial charge in [-0.1, -0.05) is 12.1 Å². The lowest BCUT2D eigenvalue weighted by Gasteiger charge is -2.16. The molecule has 0 spiro atoms. The first-order valence-corrected chi connectivity index (χ1v) is 9.26. The number of halogens is 1. The number of aromatic hydroxyl groups is 1. The Bertz CT molecular complexity index is 1170. The van der Waals surface area contributed by atoms with Crippen molar-refractivity contribution >= 4 is 11.5 Å². The molecule has 0 bridgehead atoms. The number of anilines is 1. The third kappa shape index (κ3) is 3.77. The van der Waals surface area contributed by atoms with Crippen molar-refractivity contribution in [2.45, 2.75) is 20.0 Å². The van der Waals surface area contributed by atoms with Gasteiger partial charge in [0.05, 0.1) is 11.8 Å². The summed E-state index contributed by atoms with van der Waals surface area (Å²) in [6.45, 7) is 4.08. The summed E-state index contributed by atoms with van der Waals surface area (Å²) in [6, 6.07) is 14.5. The number of aliphatic hydroxyl groups is 1. The minimum Gasteiger partial charge on any atom is -0.508 e. The van der Waals surface area contributed by atoms with E-state index in [1.54, 1.807) is 34.8 Å². The number of phenolic OH excluding ortho intramolecular Hbond substituents is 1. The molecule has 0 saturated heterocycles. The zero-order chi connectivity index (χ0) is 20.5. The molecule has 6 nitrogen and oxygen atoms in total. The van der Waals surface area contributed by atoms with Gasteiger partial charge in [-0.25, -0.2) is 9.37 Å². The average Bonchev–Trinajstić information content (AvgIpc) is 3.12. The maximum absolute atomic E-state index is 13.2. The van der Waals surface area contributed by atoms with E-state index in [9.17, 15) is 14.6 Å². The topological polar surface area (TPSA) is 82.7 Å². The van der Waals surface area contributed by atoms with Crippen LogP contribution in [0.1, 0.15) is 22.9 Å². The molecule has 29 heavy (non-hydrogen) atoms. The van der Waals surface area contributed by atoms with E-state index in [1.165, 1.54) is 18.2 Å². The molecule has 1 atom stereocenters. The zero-order valence-corrected chi connectivity index (χ0v) is 16.1. The molecular formula is C22H21FN4O2. The second-order valence-corrected chi connectivity index (χ2v) is 6.97. The van der Waals surface area contributed by atoms with E-state index in [0.29, 0.717) is 16.9 Å². The molecule has 0 aliphatic heterocycles. The van der Waals surface area contributed by atoms with Crippen molar-refractivity contribution in [1.82, 2.24) is 14.6 Å². The maximum Gasteiger partial charge on any atom is 0.158 e. The van der Waals surface area contributed by atoms with Crippen LogP contribution in [0.2, 0.25) is 0 Å². The number of aromatic nitrogens is 3. The number of benzene rings is 2. The summed E-state index contributed by atoms with van der Waals surface area (Å²) in [5, 5.41) is 28.0. The van der Waals surface area contributed by atoms with E-state index < -0.39 is 6.10 Å². The average molecular weight is 392 g/mol. The Hall–Kier alpha value is -3.45.